The Labute approximate surface area is 86.4 Å². The van der Waals surface area contributed by atoms with Crippen LogP contribution in [0, 0.1) is 5.41 Å². The molecule has 0 atom stereocenters. The molecular formula is C10H19NO2S. The average molecular weight is 217 g/mol. The van der Waals surface area contributed by atoms with Crippen molar-refractivity contribution in [2.75, 3.05) is 24.6 Å². The molecule has 0 aromatic carbocycles. The van der Waals surface area contributed by atoms with E-state index in [4.69, 9.17) is 0 Å². The summed E-state index contributed by atoms with van der Waals surface area (Å²) in [6, 6.07) is 0.610. The molecule has 0 unspecified atom stereocenters. The highest BCUT2D eigenvalue weighted by atomic mass is 32.2. The lowest BCUT2D eigenvalue weighted by molar-refractivity contribution is -0.0284. The predicted octanol–water partition coefficient (Wildman–Crippen LogP) is 0.905. The van der Waals surface area contributed by atoms with Crippen molar-refractivity contribution >= 4 is 9.84 Å². The summed E-state index contributed by atoms with van der Waals surface area (Å²) in [4.78, 5) is 2.43. The van der Waals surface area contributed by atoms with Gasteiger partial charge < -0.3 is 0 Å². The number of nitrogens with zero attached hydrogens (tertiary/aromatic N) is 1. The lowest BCUT2D eigenvalue weighted by Gasteiger charge is -2.54. The van der Waals surface area contributed by atoms with E-state index >= 15 is 0 Å². The van der Waals surface area contributed by atoms with Gasteiger partial charge in [-0.2, -0.15) is 0 Å². The fourth-order valence-electron chi connectivity index (χ4n) is 2.47. The Kier molecular flexibility index (Phi) is 2.39. The minimum Gasteiger partial charge on any atom is -0.300 e. The zero-order chi connectivity index (χ0) is 10.4. The van der Waals surface area contributed by atoms with Gasteiger partial charge in [0, 0.05) is 19.1 Å². The highest BCUT2D eigenvalue weighted by molar-refractivity contribution is 7.91. The lowest BCUT2D eigenvalue weighted by Crippen LogP contribution is -2.60. The van der Waals surface area contributed by atoms with E-state index < -0.39 is 9.84 Å². The van der Waals surface area contributed by atoms with Gasteiger partial charge in [-0.05, 0) is 32.1 Å². The van der Waals surface area contributed by atoms with Gasteiger partial charge in [-0.25, -0.2) is 8.42 Å². The van der Waals surface area contributed by atoms with Gasteiger partial charge in [0.05, 0.1) is 11.5 Å². The molecule has 2 heterocycles. The van der Waals surface area contributed by atoms with Gasteiger partial charge in [-0.1, -0.05) is 0 Å². The molecule has 2 fully saturated rings. The zero-order valence-corrected chi connectivity index (χ0v) is 9.81. The second-order valence-corrected chi connectivity index (χ2v) is 7.45. The summed E-state index contributed by atoms with van der Waals surface area (Å²) < 4.78 is 22.6. The zero-order valence-electron chi connectivity index (χ0n) is 8.99. The summed E-state index contributed by atoms with van der Waals surface area (Å²) in [5.74, 6) is 0.831. The second kappa shape index (κ2) is 3.20. The highest BCUT2D eigenvalue weighted by Crippen LogP contribution is 2.41. The first kappa shape index (κ1) is 10.4. The Bertz CT molecular complexity index is 299. The van der Waals surface area contributed by atoms with Crippen LogP contribution in [0.1, 0.15) is 26.7 Å². The Hall–Kier alpha value is -0.0900. The van der Waals surface area contributed by atoms with Crippen molar-refractivity contribution in [3.63, 3.8) is 0 Å². The molecule has 2 aliphatic heterocycles. The van der Waals surface area contributed by atoms with E-state index in [9.17, 15) is 8.42 Å². The summed E-state index contributed by atoms with van der Waals surface area (Å²) in [5.41, 5.74) is 0.357. The average Bonchev–Trinajstić information content (AvgIpc) is 2.00. The molecule has 0 aliphatic carbocycles. The van der Waals surface area contributed by atoms with Crippen LogP contribution in [0.15, 0.2) is 0 Å². The van der Waals surface area contributed by atoms with Crippen molar-refractivity contribution in [3.05, 3.63) is 0 Å². The molecule has 0 amide bonds. The lowest BCUT2D eigenvalue weighted by atomic mass is 9.74. The Morgan fingerprint density at radius 2 is 1.64 bits per heavy atom. The van der Waals surface area contributed by atoms with Gasteiger partial charge in [0.1, 0.15) is 9.84 Å². The topological polar surface area (TPSA) is 37.4 Å². The van der Waals surface area contributed by atoms with E-state index in [1.807, 2.05) is 0 Å². The summed E-state index contributed by atoms with van der Waals surface area (Å²) >= 11 is 0. The molecule has 0 aromatic rings. The summed E-state index contributed by atoms with van der Waals surface area (Å²) in [5, 5.41) is 0. The summed E-state index contributed by atoms with van der Waals surface area (Å²) in [7, 11) is -2.69. The molecule has 2 rings (SSSR count). The van der Waals surface area contributed by atoms with Gasteiger partial charge in [0.25, 0.3) is 0 Å². The number of likely N-dealkylation sites (tertiary alicyclic amines) is 1. The predicted molar refractivity (Wildman–Crippen MR) is 57.0 cm³/mol. The van der Waals surface area contributed by atoms with Crippen molar-refractivity contribution in [2.45, 2.75) is 32.7 Å². The maximum absolute atomic E-state index is 11.3. The third kappa shape index (κ3) is 1.82. The van der Waals surface area contributed by atoms with Crippen LogP contribution in [-0.2, 0) is 9.84 Å². The molecule has 2 aliphatic rings. The molecule has 3 nitrogen and oxygen atoms in total. The molecule has 0 N–H and O–H groups in total. The molecular weight excluding hydrogens is 198 g/mol. The Balaban J connectivity index is 1.92. The Morgan fingerprint density at radius 1 is 1.14 bits per heavy atom. The first-order valence-electron chi connectivity index (χ1n) is 5.37. The van der Waals surface area contributed by atoms with Gasteiger partial charge >= 0.3 is 0 Å². The van der Waals surface area contributed by atoms with Crippen LogP contribution in [0.3, 0.4) is 0 Å². The summed E-state index contributed by atoms with van der Waals surface area (Å²) in [6.07, 6.45) is 1.77. The molecule has 0 saturated carbocycles. The van der Waals surface area contributed by atoms with E-state index in [1.54, 1.807) is 0 Å². The number of hydrogen-bond acceptors (Lipinski definition) is 3. The molecule has 0 aromatic heterocycles. The monoisotopic (exact) mass is 217 g/mol. The van der Waals surface area contributed by atoms with Crippen molar-refractivity contribution in [3.8, 4) is 0 Å². The third-order valence-electron chi connectivity index (χ3n) is 3.69. The van der Waals surface area contributed by atoms with E-state index in [0.29, 0.717) is 23.0 Å². The largest absolute Gasteiger partial charge is 0.300 e. The highest BCUT2D eigenvalue weighted by Gasteiger charge is 2.46. The van der Waals surface area contributed by atoms with Crippen molar-refractivity contribution < 1.29 is 8.42 Å². The maximum atomic E-state index is 11.3. The number of rotatable bonds is 1. The fraction of sp³-hybridized carbons (Fsp3) is 1.00. The van der Waals surface area contributed by atoms with E-state index in [1.165, 1.54) is 0 Å². The maximum Gasteiger partial charge on any atom is 0.150 e. The SMILES string of the molecule is CC(C)N1CC2(CCS(=O)(=O)CC2)C1. The minimum atomic E-state index is -2.69. The number of hydrogen-bond donors (Lipinski definition) is 0. The first-order valence-corrected chi connectivity index (χ1v) is 7.19. The third-order valence-corrected chi connectivity index (χ3v) is 5.35. The smallest absolute Gasteiger partial charge is 0.150 e. The van der Waals surface area contributed by atoms with Crippen molar-refractivity contribution in [1.82, 2.24) is 4.90 Å². The first-order chi connectivity index (χ1) is 6.43. The quantitative estimate of drug-likeness (QED) is 0.655. The van der Waals surface area contributed by atoms with Gasteiger partial charge in [-0.15, -0.1) is 0 Å². The van der Waals surface area contributed by atoms with Crippen LogP contribution in [0.5, 0.6) is 0 Å². The minimum absolute atomic E-state index is 0.357. The molecule has 2 saturated heterocycles. The van der Waals surface area contributed by atoms with Crippen LogP contribution in [0.25, 0.3) is 0 Å². The van der Waals surface area contributed by atoms with Crippen LogP contribution in [-0.4, -0.2) is 44.0 Å². The molecule has 1 spiro atoms. The normalized spacial score (nSPS) is 30.5. The van der Waals surface area contributed by atoms with Crippen LogP contribution >= 0.6 is 0 Å². The van der Waals surface area contributed by atoms with Crippen LogP contribution < -0.4 is 0 Å². The van der Waals surface area contributed by atoms with Crippen molar-refractivity contribution in [2.24, 2.45) is 5.41 Å². The Morgan fingerprint density at radius 3 is 2.07 bits per heavy atom. The molecule has 82 valence electrons. The molecule has 14 heavy (non-hydrogen) atoms. The van der Waals surface area contributed by atoms with Gasteiger partial charge in [0.2, 0.25) is 0 Å². The van der Waals surface area contributed by atoms with Crippen LogP contribution in [0.2, 0.25) is 0 Å². The molecule has 4 heteroatoms. The van der Waals surface area contributed by atoms with Crippen LogP contribution in [0.4, 0.5) is 0 Å². The molecule has 0 radical (unpaired) electrons. The standard InChI is InChI=1S/C10H19NO2S/c1-9(2)11-7-10(8-11)3-5-14(12,13)6-4-10/h9H,3-8H2,1-2H3. The van der Waals surface area contributed by atoms with E-state index in [-0.39, 0.29) is 0 Å². The van der Waals surface area contributed by atoms with Crippen molar-refractivity contribution in [1.29, 1.82) is 0 Å². The van der Waals surface area contributed by atoms with E-state index in [0.717, 1.165) is 25.9 Å². The fourth-order valence-corrected chi connectivity index (χ4v) is 4.16. The molecule has 0 bridgehead atoms. The second-order valence-electron chi connectivity index (χ2n) is 5.15. The summed E-state index contributed by atoms with van der Waals surface area (Å²) in [6.45, 7) is 6.62. The van der Waals surface area contributed by atoms with Gasteiger partial charge in [0.15, 0.2) is 0 Å². The van der Waals surface area contributed by atoms with E-state index in [2.05, 4.69) is 18.7 Å². The number of sulfone groups is 1. The van der Waals surface area contributed by atoms with Gasteiger partial charge in [-0.3, -0.25) is 4.90 Å².